The van der Waals surface area contributed by atoms with Gasteiger partial charge in [0.2, 0.25) is 0 Å². The molecule has 144 valence electrons. The third-order valence-corrected chi connectivity index (χ3v) is 7.20. The molecule has 0 N–H and O–H groups in total. The zero-order chi connectivity index (χ0) is 20.2. The fourth-order valence-electron chi connectivity index (χ4n) is 3.28. The average Bonchev–Trinajstić information content (AvgIpc) is 2.65. The molecule has 0 aromatic heterocycles. The molecule has 0 amide bonds. The number of carbonyl (C=O) groups excluding carboxylic acids is 2. The van der Waals surface area contributed by atoms with Crippen molar-refractivity contribution >= 4 is 35.6 Å². The molecule has 0 bridgehead atoms. The Hall–Kier alpha value is -1.74. The molecule has 2 rings (SSSR count). The zero-order valence-electron chi connectivity index (χ0n) is 16.0. The highest BCUT2D eigenvalue weighted by molar-refractivity contribution is 7.83. The summed E-state index contributed by atoms with van der Waals surface area (Å²) >= 11 is 5.65. The van der Waals surface area contributed by atoms with E-state index in [-0.39, 0.29) is 24.7 Å². The van der Waals surface area contributed by atoms with Crippen LogP contribution in [0.3, 0.4) is 0 Å². The Morgan fingerprint density at radius 1 is 1.07 bits per heavy atom. The number of carbonyl (C=O) groups is 2. The van der Waals surface area contributed by atoms with Gasteiger partial charge >= 0.3 is 7.37 Å². The van der Waals surface area contributed by atoms with Crippen LogP contribution in [0.2, 0.25) is 0 Å². The van der Waals surface area contributed by atoms with E-state index in [0.717, 1.165) is 11.1 Å². The van der Waals surface area contributed by atoms with Crippen molar-refractivity contribution in [1.82, 2.24) is 0 Å². The minimum atomic E-state index is -3.76. The number of Topliss-reactive ketones (excluding diaryl/α,β-unsaturated/α-hetero) is 1. The second-order valence-corrected chi connectivity index (χ2v) is 9.00. The predicted molar refractivity (Wildman–Crippen MR) is 110 cm³/mol. The lowest BCUT2D eigenvalue weighted by atomic mass is 9.91. The summed E-state index contributed by atoms with van der Waals surface area (Å²) in [5.41, 5.74) is 2.86. The SMILES string of the molecule is CCOP(=O)(C(=O)c1c(C)cc(C)c(CC(=O)CCl)c1C)c1ccccc1. The molecule has 0 aliphatic rings. The van der Waals surface area contributed by atoms with Crippen molar-refractivity contribution in [2.75, 3.05) is 12.5 Å². The molecular weight excluding hydrogens is 383 g/mol. The molecule has 6 heteroatoms. The topological polar surface area (TPSA) is 60.4 Å². The Bertz CT molecular complexity index is 906. The smallest absolute Gasteiger partial charge is 0.300 e. The van der Waals surface area contributed by atoms with Gasteiger partial charge in [-0.05, 0) is 62.1 Å². The second-order valence-electron chi connectivity index (χ2n) is 6.45. The van der Waals surface area contributed by atoms with Gasteiger partial charge in [0.15, 0.2) is 5.78 Å². The lowest BCUT2D eigenvalue weighted by molar-refractivity contribution is -0.116. The van der Waals surface area contributed by atoms with Crippen LogP contribution >= 0.6 is 19.0 Å². The monoisotopic (exact) mass is 406 g/mol. The van der Waals surface area contributed by atoms with E-state index in [1.807, 2.05) is 19.9 Å². The van der Waals surface area contributed by atoms with Crippen LogP contribution in [-0.2, 0) is 20.3 Å². The summed E-state index contributed by atoms with van der Waals surface area (Å²) in [7, 11) is -3.76. The molecule has 0 spiro atoms. The zero-order valence-corrected chi connectivity index (χ0v) is 17.7. The van der Waals surface area contributed by atoms with Gasteiger partial charge in [-0.3, -0.25) is 14.2 Å². The maximum atomic E-state index is 13.6. The van der Waals surface area contributed by atoms with Crippen LogP contribution in [0.5, 0.6) is 0 Å². The third-order valence-electron chi connectivity index (χ3n) is 4.54. The molecule has 0 heterocycles. The molecular formula is C21H24ClO4P. The van der Waals surface area contributed by atoms with E-state index in [9.17, 15) is 14.2 Å². The van der Waals surface area contributed by atoms with Gasteiger partial charge in [-0.25, -0.2) is 0 Å². The second kappa shape index (κ2) is 8.97. The number of alkyl halides is 1. The highest BCUT2D eigenvalue weighted by Gasteiger charge is 2.38. The van der Waals surface area contributed by atoms with Gasteiger partial charge in [0.25, 0.3) is 5.52 Å². The van der Waals surface area contributed by atoms with E-state index in [1.54, 1.807) is 44.2 Å². The van der Waals surface area contributed by atoms with Gasteiger partial charge < -0.3 is 4.52 Å². The third kappa shape index (κ3) is 4.40. The average molecular weight is 407 g/mol. The Labute approximate surface area is 165 Å². The van der Waals surface area contributed by atoms with Gasteiger partial charge in [0.05, 0.1) is 12.5 Å². The van der Waals surface area contributed by atoms with Crippen molar-refractivity contribution in [3.8, 4) is 0 Å². The van der Waals surface area contributed by atoms with E-state index < -0.39 is 12.9 Å². The maximum absolute atomic E-state index is 13.6. The highest BCUT2D eigenvalue weighted by Crippen LogP contribution is 2.50. The van der Waals surface area contributed by atoms with Crippen molar-refractivity contribution in [3.63, 3.8) is 0 Å². The number of ketones is 1. The highest BCUT2D eigenvalue weighted by atomic mass is 35.5. The largest absolute Gasteiger partial charge is 0.320 e. The predicted octanol–water partition coefficient (Wildman–Crippen LogP) is 4.74. The van der Waals surface area contributed by atoms with E-state index in [1.165, 1.54) is 0 Å². The molecule has 2 aromatic rings. The molecule has 0 fully saturated rings. The summed E-state index contributed by atoms with van der Waals surface area (Å²) in [6, 6.07) is 10.4. The summed E-state index contributed by atoms with van der Waals surface area (Å²) in [4.78, 5) is 25.3. The van der Waals surface area contributed by atoms with Gasteiger partial charge in [-0.1, -0.05) is 24.3 Å². The van der Waals surface area contributed by atoms with E-state index in [2.05, 4.69) is 0 Å². The number of benzene rings is 2. The number of hydrogen-bond donors (Lipinski definition) is 0. The molecule has 27 heavy (non-hydrogen) atoms. The minimum Gasteiger partial charge on any atom is -0.320 e. The van der Waals surface area contributed by atoms with Gasteiger partial charge in [0.1, 0.15) is 0 Å². The first kappa shape index (κ1) is 21.6. The first-order chi connectivity index (χ1) is 12.8. The maximum Gasteiger partial charge on any atom is 0.300 e. The van der Waals surface area contributed by atoms with Crippen molar-refractivity contribution < 1.29 is 18.7 Å². The molecule has 4 nitrogen and oxygen atoms in total. The van der Waals surface area contributed by atoms with Gasteiger partial charge in [-0.15, -0.1) is 11.6 Å². The minimum absolute atomic E-state index is 0.0858. The molecule has 0 saturated carbocycles. The number of hydrogen-bond acceptors (Lipinski definition) is 4. The summed E-state index contributed by atoms with van der Waals surface area (Å²) in [5.74, 6) is -0.210. The van der Waals surface area contributed by atoms with Crippen molar-refractivity contribution in [3.05, 3.63) is 64.2 Å². The molecule has 0 aliphatic heterocycles. The molecule has 0 saturated heterocycles. The van der Waals surface area contributed by atoms with Crippen LogP contribution in [0.4, 0.5) is 0 Å². The van der Waals surface area contributed by atoms with Crippen molar-refractivity contribution in [2.24, 2.45) is 0 Å². The first-order valence-electron chi connectivity index (χ1n) is 8.78. The van der Waals surface area contributed by atoms with Crippen LogP contribution in [0.25, 0.3) is 0 Å². The summed E-state index contributed by atoms with van der Waals surface area (Å²) in [6.07, 6.45) is 0.145. The number of halogens is 1. The normalized spacial score (nSPS) is 13.2. The van der Waals surface area contributed by atoms with Crippen LogP contribution in [0.1, 0.15) is 39.5 Å². The lowest BCUT2D eigenvalue weighted by Crippen LogP contribution is -2.19. The van der Waals surface area contributed by atoms with E-state index >= 15 is 0 Å². The summed E-state index contributed by atoms with van der Waals surface area (Å²) in [5, 5.41) is 0.370. The van der Waals surface area contributed by atoms with Crippen molar-refractivity contribution in [1.29, 1.82) is 0 Å². The molecule has 2 aromatic carbocycles. The Morgan fingerprint density at radius 2 is 1.70 bits per heavy atom. The molecule has 1 unspecified atom stereocenters. The first-order valence-corrected chi connectivity index (χ1v) is 10.9. The lowest BCUT2D eigenvalue weighted by Gasteiger charge is -2.21. The fraction of sp³-hybridized carbons (Fsp3) is 0.333. The van der Waals surface area contributed by atoms with E-state index in [0.29, 0.717) is 22.0 Å². The number of rotatable bonds is 8. The van der Waals surface area contributed by atoms with Crippen LogP contribution in [-0.4, -0.2) is 23.8 Å². The van der Waals surface area contributed by atoms with E-state index in [4.69, 9.17) is 16.1 Å². The summed E-state index contributed by atoms with van der Waals surface area (Å²) in [6.45, 7) is 7.35. The van der Waals surface area contributed by atoms with Gasteiger partial charge in [0, 0.05) is 17.3 Å². The Kier molecular flexibility index (Phi) is 7.16. The standard InChI is InChI=1S/C21H24ClO4P/c1-5-26-27(25,18-9-7-6-8-10-18)21(24)20-15(3)11-14(2)19(16(20)4)12-17(23)13-22/h6-11H,5,12-13H2,1-4H3. The quantitative estimate of drug-likeness (QED) is 0.469. The van der Waals surface area contributed by atoms with Crippen LogP contribution in [0, 0.1) is 20.8 Å². The number of aryl methyl sites for hydroxylation is 2. The Balaban J connectivity index is 2.65. The molecule has 0 radical (unpaired) electrons. The van der Waals surface area contributed by atoms with Crippen molar-refractivity contribution in [2.45, 2.75) is 34.1 Å². The van der Waals surface area contributed by atoms with Crippen LogP contribution in [0.15, 0.2) is 36.4 Å². The Morgan fingerprint density at radius 3 is 2.26 bits per heavy atom. The molecule has 0 aliphatic carbocycles. The summed E-state index contributed by atoms with van der Waals surface area (Å²) < 4.78 is 19.2. The molecule has 1 atom stereocenters. The van der Waals surface area contributed by atoms with Crippen LogP contribution < -0.4 is 5.30 Å². The van der Waals surface area contributed by atoms with Gasteiger partial charge in [-0.2, -0.15) is 0 Å². The fourth-order valence-corrected chi connectivity index (χ4v) is 5.44.